The minimum absolute atomic E-state index is 0.376. The van der Waals surface area contributed by atoms with Gasteiger partial charge in [-0.1, -0.05) is 24.3 Å². The molecule has 1 aromatic heterocycles. The fraction of sp³-hybridized carbons (Fsp3) is 0.222. The fourth-order valence-corrected chi connectivity index (χ4v) is 3.86. The lowest BCUT2D eigenvalue weighted by Crippen LogP contribution is -2.10. The molecule has 0 radical (unpaired) electrons. The molecule has 3 aromatic carbocycles. The third-order valence-corrected chi connectivity index (χ3v) is 5.50. The van der Waals surface area contributed by atoms with Crippen molar-refractivity contribution < 1.29 is 19.4 Å². The van der Waals surface area contributed by atoms with Crippen LogP contribution < -0.4 is 20.1 Å². The highest BCUT2D eigenvalue weighted by atomic mass is 16.5. The van der Waals surface area contributed by atoms with E-state index in [1.807, 2.05) is 38.2 Å². The highest BCUT2D eigenvalue weighted by molar-refractivity contribution is 5.87. The van der Waals surface area contributed by atoms with Crippen molar-refractivity contribution in [2.75, 3.05) is 37.4 Å². The van der Waals surface area contributed by atoms with Gasteiger partial charge in [0.1, 0.15) is 12.1 Å². The van der Waals surface area contributed by atoms with Gasteiger partial charge in [0.2, 0.25) is 0 Å². The summed E-state index contributed by atoms with van der Waals surface area (Å²) in [5.74, 6) is 0.510. The van der Waals surface area contributed by atoms with Gasteiger partial charge in [0.05, 0.1) is 12.3 Å². The number of carbonyl (C=O) groups is 1. The molecular weight excluding hydrogens is 444 g/mol. The molecule has 1 heterocycles. The van der Waals surface area contributed by atoms with Gasteiger partial charge in [-0.25, -0.2) is 14.8 Å². The Labute approximate surface area is 204 Å². The Balaban J connectivity index is 1.47. The van der Waals surface area contributed by atoms with E-state index >= 15 is 0 Å². The van der Waals surface area contributed by atoms with Gasteiger partial charge >= 0.3 is 5.97 Å². The number of carboxylic acids is 1. The number of benzene rings is 3. The molecule has 3 N–H and O–H groups in total. The van der Waals surface area contributed by atoms with Gasteiger partial charge < -0.3 is 25.2 Å². The van der Waals surface area contributed by atoms with Crippen molar-refractivity contribution in [2.24, 2.45) is 0 Å². The molecule has 0 amide bonds. The molecule has 4 rings (SSSR count). The Morgan fingerprint density at radius 1 is 0.971 bits per heavy atom. The quantitative estimate of drug-likeness (QED) is 0.284. The zero-order valence-corrected chi connectivity index (χ0v) is 19.7. The summed E-state index contributed by atoms with van der Waals surface area (Å²) >= 11 is 0. The first-order chi connectivity index (χ1) is 17.1. The zero-order chi connectivity index (χ0) is 24.6. The van der Waals surface area contributed by atoms with Crippen molar-refractivity contribution in [3.05, 3.63) is 72.6 Å². The third-order valence-electron chi connectivity index (χ3n) is 5.50. The second-order valence-electron chi connectivity index (χ2n) is 7.85. The van der Waals surface area contributed by atoms with Crippen molar-refractivity contribution in [3.63, 3.8) is 0 Å². The van der Waals surface area contributed by atoms with Crippen LogP contribution in [0.15, 0.2) is 67.0 Å². The SMILES string of the molecule is CCOc1cc(-c2cc(NCCc3cc4ccccc4cc3NC)ncn2)ccc1OCC(=O)O. The zero-order valence-electron chi connectivity index (χ0n) is 19.7. The van der Waals surface area contributed by atoms with Crippen LogP contribution in [0, 0.1) is 0 Å². The maximum absolute atomic E-state index is 10.8. The first-order valence-electron chi connectivity index (χ1n) is 11.4. The molecule has 0 saturated carbocycles. The highest BCUT2D eigenvalue weighted by Gasteiger charge is 2.11. The van der Waals surface area contributed by atoms with E-state index in [0.29, 0.717) is 30.5 Å². The minimum Gasteiger partial charge on any atom is -0.490 e. The number of ether oxygens (including phenoxy) is 2. The van der Waals surface area contributed by atoms with Gasteiger partial charge in [0.15, 0.2) is 18.1 Å². The third kappa shape index (κ3) is 5.97. The molecule has 8 heteroatoms. The molecule has 35 heavy (non-hydrogen) atoms. The molecule has 0 atom stereocenters. The molecule has 0 aliphatic rings. The Hall–Kier alpha value is -4.33. The normalized spacial score (nSPS) is 10.7. The Morgan fingerprint density at radius 2 is 1.77 bits per heavy atom. The van der Waals surface area contributed by atoms with Gasteiger partial charge in [0.25, 0.3) is 0 Å². The highest BCUT2D eigenvalue weighted by Crippen LogP contribution is 2.32. The van der Waals surface area contributed by atoms with Crippen LogP contribution in [-0.4, -0.2) is 47.8 Å². The summed E-state index contributed by atoms with van der Waals surface area (Å²) in [5.41, 5.74) is 3.87. The molecule has 0 aliphatic heterocycles. The molecule has 180 valence electrons. The number of nitrogens with one attached hydrogen (secondary N) is 2. The predicted octanol–water partition coefficient (Wildman–Crippen LogP) is 4.86. The number of carboxylic acid groups (broad SMARTS) is 1. The largest absolute Gasteiger partial charge is 0.490 e. The summed E-state index contributed by atoms with van der Waals surface area (Å²) in [4.78, 5) is 19.6. The second-order valence-corrected chi connectivity index (χ2v) is 7.85. The molecule has 0 fully saturated rings. The van der Waals surface area contributed by atoms with Gasteiger partial charge in [-0.2, -0.15) is 0 Å². The number of anilines is 2. The molecule has 8 nitrogen and oxygen atoms in total. The van der Waals surface area contributed by atoms with Crippen molar-refractivity contribution in [2.45, 2.75) is 13.3 Å². The van der Waals surface area contributed by atoms with E-state index in [-0.39, 0.29) is 0 Å². The average Bonchev–Trinajstić information content (AvgIpc) is 2.87. The van der Waals surface area contributed by atoms with Crippen LogP contribution >= 0.6 is 0 Å². The Bertz CT molecular complexity index is 1330. The van der Waals surface area contributed by atoms with Crippen LogP contribution in [0.4, 0.5) is 11.5 Å². The summed E-state index contributed by atoms with van der Waals surface area (Å²) in [7, 11) is 1.94. The molecular formula is C27H28N4O4. The van der Waals surface area contributed by atoms with E-state index in [1.165, 1.54) is 22.7 Å². The summed E-state index contributed by atoms with van der Waals surface area (Å²) in [5, 5.41) is 18.0. The van der Waals surface area contributed by atoms with Gasteiger partial charge in [-0.3, -0.25) is 0 Å². The lowest BCUT2D eigenvalue weighted by Gasteiger charge is -2.13. The fourth-order valence-electron chi connectivity index (χ4n) is 3.86. The lowest BCUT2D eigenvalue weighted by atomic mass is 10.0. The minimum atomic E-state index is -1.05. The predicted molar refractivity (Wildman–Crippen MR) is 137 cm³/mol. The monoisotopic (exact) mass is 472 g/mol. The molecule has 0 bridgehead atoms. The summed E-state index contributed by atoms with van der Waals surface area (Å²) in [6.45, 7) is 2.55. The van der Waals surface area contributed by atoms with Crippen LogP contribution in [0.1, 0.15) is 12.5 Å². The Kier molecular flexibility index (Phi) is 7.62. The average molecular weight is 473 g/mol. The number of hydrogen-bond acceptors (Lipinski definition) is 7. The first-order valence-corrected chi connectivity index (χ1v) is 11.4. The second kappa shape index (κ2) is 11.2. The summed E-state index contributed by atoms with van der Waals surface area (Å²) < 4.78 is 11.0. The maximum Gasteiger partial charge on any atom is 0.341 e. The number of rotatable bonds is 11. The topological polar surface area (TPSA) is 106 Å². The summed E-state index contributed by atoms with van der Waals surface area (Å²) in [6, 6.07) is 19.9. The van der Waals surface area contributed by atoms with Crippen LogP contribution in [0.2, 0.25) is 0 Å². The Morgan fingerprint density at radius 3 is 2.51 bits per heavy atom. The van der Waals surface area contributed by atoms with Gasteiger partial charge in [0, 0.05) is 30.9 Å². The number of aliphatic carboxylic acids is 1. The van der Waals surface area contributed by atoms with E-state index in [4.69, 9.17) is 14.6 Å². The lowest BCUT2D eigenvalue weighted by molar-refractivity contribution is -0.139. The molecule has 0 spiro atoms. The number of hydrogen-bond donors (Lipinski definition) is 3. The van der Waals surface area contributed by atoms with Crippen molar-refractivity contribution in [3.8, 4) is 22.8 Å². The molecule has 4 aromatic rings. The smallest absolute Gasteiger partial charge is 0.341 e. The van der Waals surface area contributed by atoms with Crippen LogP contribution in [-0.2, 0) is 11.2 Å². The standard InChI is InChI=1S/C27H28N4O4/c1-3-34-25-14-20(8-9-24(25)35-16-27(32)33)23-15-26(31-17-30-23)29-11-10-21-12-18-6-4-5-7-19(18)13-22(21)28-2/h4-9,12-15,17,28H,3,10-11,16H2,1-2H3,(H,32,33)(H,29,30,31). The van der Waals surface area contributed by atoms with E-state index < -0.39 is 12.6 Å². The van der Waals surface area contributed by atoms with E-state index in [0.717, 1.165) is 23.4 Å². The maximum atomic E-state index is 10.8. The number of nitrogens with zero attached hydrogens (tertiary/aromatic N) is 2. The van der Waals surface area contributed by atoms with Crippen molar-refractivity contribution >= 4 is 28.2 Å². The van der Waals surface area contributed by atoms with E-state index in [9.17, 15) is 4.79 Å². The van der Waals surface area contributed by atoms with Crippen LogP contribution in [0.3, 0.4) is 0 Å². The van der Waals surface area contributed by atoms with Crippen molar-refractivity contribution in [1.29, 1.82) is 0 Å². The molecule has 0 unspecified atom stereocenters. The van der Waals surface area contributed by atoms with Crippen molar-refractivity contribution in [1.82, 2.24) is 9.97 Å². The van der Waals surface area contributed by atoms with Crippen LogP contribution in [0.5, 0.6) is 11.5 Å². The molecule has 0 aliphatic carbocycles. The summed E-state index contributed by atoms with van der Waals surface area (Å²) in [6.07, 6.45) is 2.34. The molecule has 0 saturated heterocycles. The van der Waals surface area contributed by atoms with Crippen LogP contribution in [0.25, 0.3) is 22.0 Å². The first kappa shape index (κ1) is 23.8. The van der Waals surface area contributed by atoms with E-state index in [2.05, 4.69) is 44.9 Å². The number of fused-ring (bicyclic) bond motifs is 1. The number of aromatic nitrogens is 2. The van der Waals surface area contributed by atoms with E-state index in [1.54, 1.807) is 12.1 Å². The van der Waals surface area contributed by atoms with Gasteiger partial charge in [-0.05, 0) is 60.0 Å². The van der Waals surface area contributed by atoms with Gasteiger partial charge in [-0.15, -0.1) is 0 Å².